The first-order chi connectivity index (χ1) is 8.06. The van der Waals surface area contributed by atoms with Crippen molar-refractivity contribution in [2.24, 2.45) is 0 Å². The SMILES string of the molecule is CCOC(=O)CCn1cccc([N+](=O)[O-])c1=O. The number of hydrogen-bond acceptors (Lipinski definition) is 5. The first kappa shape index (κ1) is 12.9. The highest BCUT2D eigenvalue weighted by atomic mass is 16.6. The van der Waals surface area contributed by atoms with E-state index in [1.54, 1.807) is 6.92 Å². The molecule has 0 fully saturated rings. The van der Waals surface area contributed by atoms with E-state index >= 15 is 0 Å². The van der Waals surface area contributed by atoms with Crippen molar-refractivity contribution in [3.8, 4) is 0 Å². The van der Waals surface area contributed by atoms with Gasteiger partial charge >= 0.3 is 17.2 Å². The molecule has 0 N–H and O–H groups in total. The molecule has 0 amide bonds. The third-order valence-corrected chi connectivity index (χ3v) is 2.06. The number of ether oxygens (including phenoxy) is 1. The molecule has 0 spiro atoms. The molecule has 0 bridgehead atoms. The molecule has 7 heteroatoms. The van der Waals surface area contributed by atoms with Crippen molar-refractivity contribution in [3.63, 3.8) is 0 Å². The zero-order valence-corrected chi connectivity index (χ0v) is 9.29. The lowest BCUT2D eigenvalue weighted by Gasteiger charge is -2.04. The van der Waals surface area contributed by atoms with Crippen molar-refractivity contribution < 1.29 is 14.5 Å². The van der Waals surface area contributed by atoms with Crippen molar-refractivity contribution in [2.75, 3.05) is 6.61 Å². The lowest BCUT2D eigenvalue weighted by Crippen LogP contribution is -2.23. The highest BCUT2D eigenvalue weighted by molar-refractivity contribution is 5.69. The van der Waals surface area contributed by atoms with Gasteiger partial charge in [0.1, 0.15) is 0 Å². The van der Waals surface area contributed by atoms with Gasteiger partial charge in [0.25, 0.3) is 0 Å². The first-order valence-electron chi connectivity index (χ1n) is 5.05. The minimum absolute atomic E-state index is 0.00884. The predicted octanol–water partition coefficient (Wildman–Crippen LogP) is 0.710. The van der Waals surface area contributed by atoms with Gasteiger partial charge < -0.3 is 9.30 Å². The molecule has 0 atom stereocenters. The van der Waals surface area contributed by atoms with Gasteiger partial charge in [-0.25, -0.2) is 0 Å². The summed E-state index contributed by atoms with van der Waals surface area (Å²) in [4.78, 5) is 32.4. The minimum atomic E-state index is -0.747. The summed E-state index contributed by atoms with van der Waals surface area (Å²) < 4.78 is 5.81. The van der Waals surface area contributed by atoms with Gasteiger partial charge in [0.15, 0.2) is 0 Å². The van der Waals surface area contributed by atoms with Gasteiger partial charge in [-0.05, 0) is 13.0 Å². The molecule has 0 radical (unpaired) electrons. The van der Waals surface area contributed by atoms with E-state index in [2.05, 4.69) is 0 Å². The number of hydrogen-bond donors (Lipinski definition) is 0. The van der Waals surface area contributed by atoms with Gasteiger partial charge in [-0.1, -0.05) is 0 Å². The molecule has 17 heavy (non-hydrogen) atoms. The predicted molar refractivity (Wildman–Crippen MR) is 58.6 cm³/mol. The quantitative estimate of drug-likeness (QED) is 0.429. The number of rotatable bonds is 5. The largest absolute Gasteiger partial charge is 0.466 e. The van der Waals surface area contributed by atoms with Crippen LogP contribution < -0.4 is 5.56 Å². The Bertz CT molecular complexity index is 480. The molecule has 1 aromatic rings. The second-order valence-electron chi connectivity index (χ2n) is 3.20. The summed E-state index contributed by atoms with van der Waals surface area (Å²) in [5.41, 5.74) is -1.22. The molecule has 0 unspecified atom stereocenters. The molecule has 0 aliphatic rings. The van der Waals surface area contributed by atoms with Crippen LogP contribution in [0.25, 0.3) is 0 Å². The Balaban J connectivity index is 2.79. The number of pyridine rings is 1. The van der Waals surface area contributed by atoms with Crippen LogP contribution in [0.2, 0.25) is 0 Å². The number of aryl methyl sites for hydroxylation is 1. The Labute approximate surface area is 96.8 Å². The highest BCUT2D eigenvalue weighted by Gasteiger charge is 2.13. The molecule has 1 heterocycles. The van der Waals surface area contributed by atoms with E-state index in [4.69, 9.17) is 4.74 Å². The van der Waals surface area contributed by atoms with Gasteiger partial charge in [0, 0.05) is 18.8 Å². The Kier molecular flexibility index (Phi) is 4.38. The summed E-state index contributed by atoms with van der Waals surface area (Å²) in [6.07, 6.45) is 1.41. The van der Waals surface area contributed by atoms with E-state index in [9.17, 15) is 19.7 Å². The number of nitro groups is 1. The third-order valence-electron chi connectivity index (χ3n) is 2.06. The molecule has 7 nitrogen and oxygen atoms in total. The summed E-state index contributed by atoms with van der Waals surface area (Å²) >= 11 is 0. The summed E-state index contributed by atoms with van der Waals surface area (Å²) in [6, 6.07) is 2.52. The average Bonchev–Trinajstić information content (AvgIpc) is 2.27. The van der Waals surface area contributed by atoms with Crippen molar-refractivity contribution in [1.29, 1.82) is 0 Å². The summed E-state index contributed by atoms with van der Waals surface area (Å²) in [5, 5.41) is 10.5. The molecule has 0 aliphatic heterocycles. The number of esters is 1. The highest BCUT2D eigenvalue weighted by Crippen LogP contribution is 2.02. The zero-order chi connectivity index (χ0) is 12.8. The fourth-order valence-electron chi connectivity index (χ4n) is 1.28. The van der Waals surface area contributed by atoms with Gasteiger partial charge in [-0.3, -0.25) is 19.7 Å². The maximum absolute atomic E-state index is 11.5. The molecule has 0 aromatic carbocycles. The number of carbonyl (C=O) groups excluding carboxylic acids is 1. The zero-order valence-electron chi connectivity index (χ0n) is 9.29. The Morgan fingerprint density at radius 1 is 1.59 bits per heavy atom. The number of aromatic nitrogens is 1. The van der Waals surface area contributed by atoms with Crippen molar-refractivity contribution >= 4 is 11.7 Å². The third kappa shape index (κ3) is 3.40. The van der Waals surface area contributed by atoms with E-state index in [1.807, 2.05) is 0 Å². The van der Waals surface area contributed by atoms with E-state index < -0.39 is 22.1 Å². The molecular formula is C10H12N2O5. The number of nitrogens with zero attached hydrogens (tertiary/aromatic N) is 2. The number of carbonyl (C=O) groups is 1. The van der Waals surface area contributed by atoms with Crippen LogP contribution in [0.1, 0.15) is 13.3 Å². The van der Waals surface area contributed by atoms with Crippen LogP contribution in [0.4, 0.5) is 5.69 Å². The van der Waals surface area contributed by atoms with Gasteiger partial charge in [-0.15, -0.1) is 0 Å². The fourth-order valence-corrected chi connectivity index (χ4v) is 1.28. The van der Waals surface area contributed by atoms with E-state index in [1.165, 1.54) is 12.3 Å². The Hall–Kier alpha value is -2.18. The van der Waals surface area contributed by atoms with Gasteiger partial charge in [0.05, 0.1) is 18.0 Å². The Morgan fingerprint density at radius 2 is 2.29 bits per heavy atom. The van der Waals surface area contributed by atoms with Gasteiger partial charge in [-0.2, -0.15) is 0 Å². The Morgan fingerprint density at radius 3 is 2.88 bits per heavy atom. The van der Waals surface area contributed by atoms with Crippen LogP contribution in [0.5, 0.6) is 0 Å². The fraction of sp³-hybridized carbons (Fsp3) is 0.400. The molecule has 0 saturated carbocycles. The monoisotopic (exact) mass is 240 g/mol. The molecule has 1 aromatic heterocycles. The summed E-state index contributed by atoms with van der Waals surface area (Å²) in [7, 11) is 0. The molecule has 1 rings (SSSR count). The minimum Gasteiger partial charge on any atom is -0.466 e. The van der Waals surface area contributed by atoms with Crippen LogP contribution in [0.3, 0.4) is 0 Å². The van der Waals surface area contributed by atoms with Crippen LogP contribution in [-0.4, -0.2) is 22.1 Å². The van der Waals surface area contributed by atoms with E-state index in [0.29, 0.717) is 0 Å². The van der Waals surface area contributed by atoms with E-state index in [-0.39, 0.29) is 19.6 Å². The van der Waals surface area contributed by atoms with Crippen LogP contribution in [0.15, 0.2) is 23.1 Å². The average molecular weight is 240 g/mol. The van der Waals surface area contributed by atoms with Crippen molar-refractivity contribution in [2.45, 2.75) is 19.9 Å². The lowest BCUT2D eigenvalue weighted by atomic mass is 10.3. The van der Waals surface area contributed by atoms with Crippen LogP contribution in [0, 0.1) is 10.1 Å². The maximum Gasteiger partial charge on any atom is 0.334 e. The maximum atomic E-state index is 11.5. The second-order valence-corrected chi connectivity index (χ2v) is 3.20. The summed E-state index contributed by atoms with van der Waals surface area (Å²) in [5.74, 6) is -0.439. The molecule has 0 aliphatic carbocycles. The lowest BCUT2D eigenvalue weighted by molar-refractivity contribution is -0.386. The smallest absolute Gasteiger partial charge is 0.334 e. The van der Waals surface area contributed by atoms with Crippen LogP contribution in [-0.2, 0) is 16.1 Å². The molecule has 0 saturated heterocycles. The summed E-state index contributed by atoms with van der Waals surface area (Å²) in [6.45, 7) is 2.01. The standard InChI is InChI=1S/C10H12N2O5/c1-2-17-9(13)5-7-11-6-3-4-8(10(11)14)12(15)16/h3-4,6H,2,5,7H2,1H3. The second kappa shape index (κ2) is 5.78. The topological polar surface area (TPSA) is 91.4 Å². The van der Waals surface area contributed by atoms with Gasteiger partial charge in [0.2, 0.25) is 0 Å². The van der Waals surface area contributed by atoms with Crippen molar-refractivity contribution in [1.82, 2.24) is 4.57 Å². The first-order valence-corrected chi connectivity index (χ1v) is 5.05. The van der Waals surface area contributed by atoms with Crippen LogP contribution >= 0.6 is 0 Å². The molecular weight excluding hydrogens is 228 g/mol. The normalized spacial score (nSPS) is 9.94. The molecule has 92 valence electrons. The van der Waals surface area contributed by atoms with E-state index in [0.717, 1.165) is 10.6 Å². The van der Waals surface area contributed by atoms with Crippen molar-refractivity contribution in [3.05, 3.63) is 38.8 Å².